The van der Waals surface area contributed by atoms with E-state index in [4.69, 9.17) is 34.8 Å². The zero-order valence-corrected chi connectivity index (χ0v) is 22.0. The third kappa shape index (κ3) is 7.42. The first-order valence-corrected chi connectivity index (χ1v) is 12.3. The molecular weight excluding hydrogens is 501 g/mol. The maximum Gasteiger partial charge on any atom is 0.134 e. The van der Waals surface area contributed by atoms with Crippen LogP contribution < -0.4 is 0 Å². The molecular formula is C28H28Cl3N3O. The molecule has 1 aromatic heterocycles. The summed E-state index contributed by atoms with van der Waals surface area (Å²) in [6.07, 6.45) is 11.3. The lowest BCUT2D eigenvalue weighted by Crippen LogP contribution is -2.35. The molecule has 2 aromatic rings. The van der Waals surface area contributed by atoms with Gasteiger partial charge in [-0.1, -0.05) is 89.4 Å². The normalized spacial score (nSPS) is 15.5. The molecule has 1 unspecified atom stereocenters. The second-order valence-electron chi connectivity index (χ2n) is 8.18. The highest BCUT2D eigenvalue weighted by Crippen LogP contribution is 2.35. The maximum absolute atomic E-state index is 12.0. The minimum atomic E-state index is -1.35. The first-order chi connectivity index (χ1) is 16.8. The van der Waals surface area contributed by atoms with Crippen molar-refractivity contribution in [1.82, 2.24) is 9.88 Å². The molecule has 182 valence electrons. The van der Waals surface area contributed by atoms with Crippen molar-refractivity contribution >= 4 is 41.1 Å². The van der Waals surface area contributed by atoms with Crippen LogP contribution >= 0.6 is 34.8 Å². The number of likely N-dealkylation sites (N-methyl/N-ethyl adjacent to an activating group) is 1. The van der Waals surface area contributed by atoms with Crippen LogP contribution in [-0.2, 0) is 12.0 Å². The Hall–Kier alpha value is -2.63. The van der Waals surface area contributed by atoms with Crippen LogP contribution in [0.5, 0.6) is 0 Å². The Morgan fingerprint density at radius 1 is 1.11 bits per heavy atom. The van der Waals surface area contributed by atoms with Crippen LogP contribution in [0.25, 0.3) is 0 Å². The standard InChI is InChI=1S/C28H28Cl3N3O/c1-3-24(29)12-7-15-28(35,23-18-32-20-34(2)19-23)22-11-8-16-33-27(31)25(26(30)14-13-22)17-21-9-5-4-6-10-21/h3-14,16,18,20,35H,15,17,19H2,1-2H3/b11-8?,12-7-,14-13?,16-8?,22-11?,22-13?,24-3+,26-14?,26-25?,27-25?,33-16?,33-27?. The predicted molar refractivity (Wildman–Crippen MR) is 148 cm³/mol. The van der Waals surface area contributed by atoms with Gasteiger partial charge in [-0.3, -0.25) is 0 Å². The van der Waals surface area contributed by atoms with Crippen molar-refractivity contribution < 1.29 is 5.11 Å². The molecule has 4 nitrogen and oxygen atoms in total. The van der Waals surface area contributed by atoms with Gasteiger partial charge in [0.15, 0.2) is 0 Å². The van der Waals surface area contributed by atoms with E-state index in [0.717, 1.165) is 11.1 Å². The minimum absolute atomic E-state index is 0.290. The summed E-state index contributed by atoms with van der Waals surface area (Å²) >= 11 is 19.4. The van der Waals surface area contributed by atoms with E-state index >= 15 is 0 Å². The fraction of sp³-hybridized carbons (Fsp3) is 0.214. The number of nitrogens with zero attached hydrogens (tertiary/aromatic N) is 3. The Kier molecular flexibility index (Phi) is 9.93. The van der Waals surface area contributed by atoms with Crippen LogP contribution in [0.4, 0.5) is 0 Å². The highest BCUT2D eigenvalue weighted by atomic mass is 35.5. The zero-order chi connectivity index (χ0) is 25.3. The third-order valence-corrected chi connectivity index (χ3v) is 6.63. The second kappa shape index (κ2) is 12.9. The molecule has 3 rings (SSSR count). The molecule has 35 heavy (non-hydrogen) atoms. The summed E-state index contributed by atoms with van der Waals surface area (Å²) in [7, 11) is 1.91. The van der Waals surface area contributed by atoms with Gasteiger partial charge < -0.3 is 10.0 Å². The molecule has 0 saturated carbocycles. The average Bonchev–Trinajstić information content (AvgIpc) is 2.86. The van der Waals surface area contributed by atoms with Crippen molar-refractivity contribution in [3.05, 3.63) is 123 Å². The van der Waals surface area contributed by atoms with Gasteiger partial charge in [0.1, 0.15) is 10.8 Å². The number of benzene rings is 1. The van der Waals surface area contributed by atoms with Crippen LogP contribution in [0.1, 0.15) is 30.0 Å². The van der Waals surface area contributed by atoms with Crippen LogP contribution in [0, 0.1) is 0 Å². The molecule has 1 atom stereocenters. The van der Waals surface area contributed by atoms with Gasteiger partial charge in [0.05, 0.1) is 6.34 Å². The first kappa shape index (κ1) is 27.0. The van der Waals surface area contributed by atoms with E-state index in [1.54, 1.807) is 49.1 Å². The third-order valence-electron chi connectivity index (χ3n) is 5.61. The van der Waals surface area contributed by atoms with Gasteiger partial charge in [-0.2, -0.15) is 0 Å². The zero-order valence-electron chi connectivity index (χ0n) is 19.7. The van der Waals surface area contributed by atoms with E-state index in [2.05, 4.69) is 9.98 Å². The molecule has 0 amide bonds. The van der Waals surface area contributed by atoms with Gasteiger partial charge in [-0.15, -0.1) is 0 Å². The number of halogens is 3. The van der Waals surface area contributed by atoms with Crippen molar-refractivity contribution in [3.63, 3.8) is 0 Å². The van der Waals surface area contributed by atoms with E-state index in [9.17, 15) is 5.11 Å². The molecule has 0 radical (unpaired) electrons. The summed E-state index contributed by atoms with van der Waals surface area (Å²) in [5.74, 6) is 0. The monoisotopic (exact) mass is 527 g/mol. The lowest BCUT2D eigenvalue weighted by atomic mass is 9.83. The molecule has 0 fully saturated rings. The summed E-state index contributed by atoms with van der Waals surface area (Å²) < 4.78 is 0. The molecule has 0 spiro atoms. The van der Waals surface area contributed by atoms with Gasteiger partial charge in [0.2, 0.25) is 0 Å². The lowest BCUT2D eigenvalue weighted by molar-refractivity contribution is 0.0736. The molecule has 1 aromatic carbocycles. The van der Waals surface area contributed by atoms with Crippen LogP contribution in [0.15, 0.2) is 101 Å². The average molecular weight is 529 g/mol. The number of aliphatic hydroxyl groups is 1. The molecule has 7 heteroatoms. The van der Waals surface area contributed by atoms with Crippen molar-refractivity contribution in [2.45, 2.75) is 25.4 Å². The lowest BCUT2D eigenvalue weighted by Gasteiger charge is -2.33. The predicted octanol–water partition coefficient (Wildman–Crippen LogP) is 7.24. The molecule has 2 heterocycles. The fourth-order valence-corrected chi connectivity index (χ4v) is 4.26. The Labute approximate surface area is 222 Å². The van der Waals surface area contributed by atoms with Crippen molar-refractivity contribution in [1.29, 1.82) is 0 Å². The fourth-order valence-electron chi connectivity index (χ4n) is 3.68. The Bertz CT molecular complexity index is 1210. The molecule has 0 bridgehead atoms. The van der Waals surface area contributed by atoms with Crippen molar-refractivity contribution in [2.24, 2.45) is 4.99 Å². The van der Waals surface area contributed by atoms with Gasteiger partial charge >= 0.3 is 0 Å². The maximum atomic E-state index is 12.0. The number of aliphatic imine (C=N–C) groups is 1. The van der Waals surface area contributed by atoms with Gasteiger partial charge in [-0.25, -0.2) is 9.98 Å². The number of hydrogen-bond acceptors (Lipinski definition) is 4. The Morgan fingerprint density at radius 2 is 1.89 bits per heavy atom. The molecule has 1 aliphatic rings. The smallest absolute Gasteiger partial charge is 0.134 e. The number of rotatable bonds is 7. The molecule has 1 N–H and O–H groups in total. The summed E-state index contributed by atoms with van der Waals surface area (Å²) in [6, 6.07) is 17.1. The highest BCUT2D eigenvalue weighted by Gasteiger charge is 2.33. The van der Waals surface area contributed by atoms with Crippen LogP contribution in [0.2, 0.25) is 10.2 Å². The second-order valence-corrected chi connectivity index (χ2v) is 9.38. The van der Waals surface area contributed by atoms with Crippen LogP contribution in [0.3, 0.4) is 0 Å². The summed E-state index contributed by atoms with van der Waals surface area (Å²) in [5.41, 5.74) is 1.80. The first-order valence-electron chi connectivity index (χ1n) is 11.2. The summed E-state index contributed by atoms with van der Waals surface area (Å²) in [4.78, 5) is 10.6. The van der Waals surface area contributed by atoms with Crippen molar-refractivity contribution in [2.75, 3.05) is 13.6 Å². The largest absolute Gasteiger partial charge is 0.380 e. The summed E-state index contributed by atoms with van der Waals surface area (Å²) in [6.45, 7) is 2.38. The van der Waals surface area contributed by atoms with E-state index in [0.29, 0.717) is 45.7 Å². The van der Waals surface area contributed by atoms with E-state index in [-0.39, 0.29) is 0 Å². The Morgan fingerprint density at radius 3 is 2.60 bits per heavy atom. The molecule has 0 saturated heterocycles. The number of aromatic nitrogens is 1. The number of allylic oxidation sites excluding steroid dienone is 3. The van der Waals surface area contributed by atoms with Gasteiger partial charge in [-0.05, 0) is 36.3 Å². The number of hydrogen-bond donors (Lipinski definition) is 1. The van der Waals surface area contributed by atoms with Gasteiger partial charge in [0, 0.05) is 60.0 Å². The van der Waals surface area contributed by atoms with Crippen LogP contribution in [-0.4, -0.2) is 34.9 Å². The SMILES string of the molecule is C/C=C(Cl)\C=C/CC(O)(C1=CN=CN(C)C1)c1cccnc(Cl)c(Cc2ccccc2)c(Cl)cc1. The molecule has 0 aliphatic carbocycles. The van der Waals surface area contributed by atoms with E-state index < -0.39 is 5.60 Å². The van der Waals surface area contributed by atoms with Crippen molar-refractivity contribution in [3.8, 4) is 0 Å². The minimum Gasteiger partial charge on any atom is -0.380 e. The van der Waals surface area contributed by atoms with E-state index in [1.807, 2.05) is 61.3 Å². The Balaban J connectivity index is 2.12. The highest BCUT2D eigenvalue weighted by molar-refractivity contribution is 6.35. The summed E-state index contributed by atoms with van der Waals surface area (Å²) in [5, 5.41) is 13.4. The quantitative estimate of drug-likeness (QED) is 0.385. The van der Waals surface area contributed by atoms with E-state index in [1.165, 1.54) is 0 Å². The molecule has 1 aliphatic heterocycles. The topological polar surface area (TPSA) is 48.7 Å². The van der Waals surface area contributed by atoms with Gasteiger partial charge in [0.25, 0.3) is 0 Å².